The number of pyridine rings is 1. The third-order valence-corrected chi connectivity index (χ3v) is 2.73. The van der Waals surface area contributed by atoms with Gasteiger partial charge in [0.2, 0.25) is 0 Å². The van der Waals surface area contributed by atoms with E-state index in [2.05, 4.69) is 10.3 Å². The average Bonchev–Trinajstić information content (AvgIpc) is 2.53. The summed E-state index contributed by atoms with van der Waals surface area (Å²) in [7, 11) is 0. The number of hydrogen-bond donors (Lipinski definition) is 1. The molecule has 120 valence electrons. The van der Waals surface area contributed by atoms with E-state index in [0.29, 0.717) is 0 Å². The van der Waals surface area contributed by atoms with Crippen molar-refractivity contribution in [3.8, 4) is 0 Å². The number of aromatic nitrogens is 1. The zero-order valence-corrected chi connectivity index (χ0v) is 11.6. The number of benzene rings is 1. The molecule has 1 heterocycles. The molecule has 0 unspecified atom stereocenters. The standard InChI is InChI=1S/C15H11F3N2O3/c16-15(17,18)11-3-5-12(6-4-11)20-13(21)9-23-14(22)10-2-1-7-19-8-10/h1-8H,9H2,(H,20,21). The van der Waals surface area contributed by atoms with E-state index in [4.69, 9.17) is 4.74 Å². The molecule has 2 aromatic rings. The van der Waals surface area contributed by atoms with Gasteiger partial charge in [-0.05, 0) is 36.4 Å². The fourth-order valence-electron chi connectivity index (χ4n) is 1.64. The van der Waals surface area contributed by atoms with Crippen LogP contribution in [0, 0.1) is 0 Å². The maximum Gasteiger partial charge on any atom is 0.416 e. The normalized spacial score (nSPS) is 10.9. The number of hydrogen-bond acceptors (Lipinski definition) is 4. The number of nitrogens with zero attached hydrogens (tertiary/aromatic N) is 1. The van der Waals surface area contributed by atoms with Crippen LogP contribution in [0.15, 0.2) is 48.8 Å². The second kappa shape index (κ2) is 6.91. The maximum atomic E-state index is 12.4. The molecule has 0 fully saturated rings. The van der Waals surface area contributed by atoms with E-state index in [1.807, 2.05) is 0 Å². The van der Waals surface area contributed by atoms with Crippen molar-refractivity contribution < 1.29 is 27.5 Å². The number of nitrogens with one attached hydrogen (secondary N) is 1. The summed E-state index contributed by atoms with van der Waals surface area (Å²) in [4.78, 5) is 26.9. The van der Waals surface area contributed by atoms with Gasteiger partial charge < -0.3 is 10.1 Å². The molecule has 5 nitrogen and oxygen atoms in total. The Labute approximate surface area is 129 Å². The number of alkyl halides is 3. The summed E-state index contributed by atoms with van der Waals surface area (Å²) in [6.07, 6.45) is -1.67. The van der Waals surface area contributed by atoms with Crippen molar-refractivity contribution in [1.82, 2.24) is 4.98 Å². The fraction of sp³-hybridized carbons (Fsp3) is 0.133. The predicted molar refractivity (Wildman–Crippen MR) is 74.6 cm³/mol. The van der Waals surface area contributed by atoms with E-state index in [1.165, 1.54) is 18.5 Å². The molecule has 0 saturated heterocycles. The lowest BCUT2D eigenvalue weighted by Gasteiger charge is -2.09. The summed E-state index contributed by atoms with van der Waals surface area (Å²) < 4.78 is 42.0. The number of esters is 1. The summed E-state index contributed by atoms with van der Waals surface area (Å²) in [6.45, 7) is -0.561. The van der Waals surface area contributed by atoms with Crippen LogP contribution in [0.25, 0.3) is 0 Å². The molecule has 0 aliphatic carbocycles. The number of carbonyl (C=O) groups is 2. The monoisotopic (exact) mass is 324 g/mol. The zero-order chi connectivity index (χ0) is 16.9. The van der Waals surface area contributed by atoms with Crippen molar-refractivity contribution in [3.63, 3.8) is 0 Å². The van der Waals surface area contributed by atoms with Crippen LogP contribution in [-0.2, 0) is 15.7 Å². The van der Waals surface area contributed by atoms with Gasteiger partial charge in [-0.3, -0.25) is 9.78 Å². The first-order valence-electron chi connectivity index (χ1n) is 6.40. The van der Waals surface area contributed by atoms with Crippen molar-refractivity contribution in [2.75, 3.05) is 11.9 Å². The molecule has 0 aliphatic heterocycles. The SMILES string of the molecule is O=C(COC(=O)c1cccnc1)Nc1ccc(C(F)(F)F)cc1. The lowest BCUT2D eigenvalue weighted by Crippen LogP contribution is -2.21. The molecule has 1 amide bonds. The van der Waals surface area contributed by atoms with Crippen molar-refractivity contribution in [2.24, 2.45) is 0 Å². The van der Waals surface area contributed by atoms with Crippen molar-refractivity contribution >= 4 is 17.6 Å². The molecule has 0 saturated carbocycles. The molecule has 1 N–H and O–H groups in total. The number of carbonyl (C=O) groups excluding carboxylic acids is 2. The van der Waals surface area contributed by atoms with E-state index in [0.717, 1.165) is 24.3 Å². The Morgan fingerprint density at radius 3 is 2.39 bits per heavy atom. The molecule has 1 aromatic heterocycles. The Kier molecular flexibility index (Phi) is 4.95. The van der Waals surface area contributed by atoms with Gasteiger partial charge in [-0.2, -0.15) is 13.2 Å². The largest absolute Gasteiger partial charge is 0.452 e. The van der Waals surface area contributed by atoms with Crippen molar-refractivity contribution in [1.29, 1.82) is 0 Å². The van der Waals surface area contributed by atoms with E-state index in [9.17, 15) is 22.8 Å². The molecule has 2 rings (SSSR count). The van der Waals surface area contributed by atoms with Gasteiger partial charge in [0.05, 0.1) is 11.1 Å². The Balaban J connectivity index is 1.86. The molecule has 0 radical (unpaired) electrons. The maximum absolute atomic E-state index is 12.4. The highest BCUT2D eigenvalue weighted by Crippen LogP contribution is 2.29. The Bertz CT molecular complexity index is 685. The summed E-state index contributed by atoms with van der Waals surface area (Å²) in [6, 6.07) is 6.93. The van der Waals surface area contributed by atoms with Gasteiger partial charge in [0, 0.05) is 18.1 Å². The highest BCUT2D eigenvalue weighted by Gasteiger charge is 2.29. The minimum Gasteiger partial charge on any atom is -0.452 e. The highest BCUT2D eigenvalue weighted by atomic mass is 19.4. The number of rotatable bonds is 4. The number of ether oxygens (including phenoxy) is 1. The number of halogens is 3. The quantitative estimate of drug-likeness (QED) is 0.878. The first-order valence-corrected chi connectivity index (χ1v) is 6.40. The van der Waals surface area contributed by atoms with E-state index >= 15 is 0 Å². The van der Waals surface area contributed by atoms with Gasteiger partial charge in [-0.25, -0.2) is 4.79 Å². The van der Waals surface area contributed by atoms with E-state index in [-0.39, 0.29) is 11.3 Å². The third-order valence-electron chi connectivity index (χ3n) is 2.73. The summed E-state index contributed by atoms with van der Waals surface area (Å²) in [5.74, 6) is -1.39. The van der Waals surface area contributed by atoms with Gasteiger partial charge in [0.25, 0.3) is 5.91 Å². The molecule has 0 aliphatic rings. The lowest BCUT2D eigenvalue weighted by atomic mass is 10.2. The first kappa shape index (κ1) is 16.5. The Hall–Kier alpha value is -2.90. The Morgan fingerprint density at radius 2 is 1.83 bits per heavy atom. The molecule has 23 heavy (non-hydrogen) atoms. The van der Waals surface area contributed by atoms with Gasteiger partial charge in [0.15, 0.2) is 6.61 Å². The number of anilines is 1. The van der Waals surface area contributed by atoms with Gasteiger partial charge in [-0.1, -0.05) is 0 Å². The van der Waals surface area contributed by atoms with Crippen LogP contribution in [0.3, 0.4) is 0 Å². The minimum absolute atomic E-state index is 0.167. The molecule has 0 spiro atoms. The molecular weight excluding hydrogens is 313 g/mol. The summed E-state index contributed by atoms with van der Waals surface area (Å²) >= 11 is 0. The second-order valence-electron chi connectivity index (χ2n) is 4.44. The van der Waals surface area contributed by atoms with E-state index < -0.39 is 30.2 Å². The van der Waals surface area contributed by atoms with Crippen LogP contribution in [-0.4, -0.2) is 23.5 Å². The topological polar surface area (TPSA) is 68.3 Å². The number of amides is 1. The predicted octanol–water partition coefficient (Wildman–Crippen LogP) is 2.90. The van der Waals surface area contributed by atoms with Crippen LogP contribution in [0.4, 0.5) is 18.9 Å². The molecular formula is C15H11F3N2O3. The minimum atomic E-state index is -4.44. The smallest absolute Gasteiger partial charge is 0.416 e. The lowest BCUT2D eigenvalue weighted by molar-refractivity contribution is -0.137. The van der Waals surface area contributed by atoms with Crippen LogP contribution >= 0.6 is 0 Å². The van der Waals surface area contributed by atoms with Gasteiger partial charge >= 0.3 is 12.1 Å². The van der Waals surface area contributed by atoms with Crippen LogP contribution in [0.2, 0.25) is 0 Å². The molecule has 1 aromatic carbocycles. The second-order valence-corrected chi connectivity index (χ2v) is 4.44. The van der Waals surface area contributed by atoms with Gasteiger partial charge in [-0.15, -0.1) is 0 Å². The first-order chi connectivity index (χ1) is 10.9. The average molecular weight is 324 g/mol. The zero-order valence-electron chi connectivity index (χ0n) is 11.6. The van der Waals surface area contributed by atoms with Crippen LogP contribution in [0.1, 0.15) is 15.9 Å². The van der Waals surface area contributed by atoms with Crippen LogP contribution < -0.4 is 5.32 Å². The van der Waals surface area contributed by atoms with Crippen molar-refractivity contribution in [2.45, 2.75) is 6.18 Å². The third kappa shape index (κ3) is 4.80. The fourth-order valence-corrected chi connectivity index (χ4v) is 1.64. The van der Waals surface area contributed by atoms with Crippen LogP contribution in [0.5, 0.6) is 0 Å². The van der Waals surface area contributed by atoms with Crippen molar-refractivity contribution in [3.05, 3.63) is 59.9 Å². The van der Waals surface area contributed by atoms with Gasteiger partial charge in [0.1, 0.15) is 0 Å². The molecule has 0 atom stereocenters. The molecule has 8 heteroatoms. The summed E-state index contributed by atoms with van der Waals surface area (Å²) in [5, 5.41) is 2.33. The molecule has 0 bridgehead atoms. The summed E-state index contributed by atoms with van der Waals surface area (Å²) in [5.41, 5.74) is -0.464. The highest BCUT2D eigenvalue weighted by molar-refractivity contribution is 5.95. The Morgan fingerprint density at radius 1 is 1.13 bits per heavy atom. The van der Waals surface area contributed by atoms with E-state index in [1.54, 1.807) is 6.07 Å².